The summed E-state index contributed by atoms with van der Waals surface area (Å²) in [5.41, 5.74) is 2.02. The smallest absolute Gasteiger partial charge is 0.338 e. The molecule has 7 nitrogen and oxygen atoms in total. The van der Waals surface area contributed by atoms with Crippen molar-refractivity contribution in [3.8, 4) is 5.75 Å². The number of nitrogens with zero attached hydrogens (tertiary/aromatic N) is 1. The molecule has 0 aromatic heterocycles. The number of carbonyl (C=O) groups excluding carboxylic acids is 3. The van der Waals surface area contributed by atoms with E-state index in [0.29, 0.717) is 22.3 Å². The molecule has 190 valence electrons. The number of ketones is 1. The first-order chi connectivity index (χ1) is 18.4. The highest BCUT2D eigenvalue weighted by atomic mass is 16.5. The van der Waals surface area contributed by atoms with Crippen molar-refractivity contribution in [1.29, 1.82) is 0 Å². The van der Waals surface area contributed by atoms with Crippen LogP contribution in [0.3, 0.4) is 0 Å². The van der Waals surface area contributed by atoms with Crippen LogP contribution in [0.2, 0.25) is 0 Å². The number of likely N-dealkylation sites (tertiary alicyclic amines) is 1. The van der Waals surface area contributed by atoms with Gasteiger partial charge < -0.3 is 19.8 Å². The SMILES string of the molecule is CCOC(=O)c1ccc(CN2C(=O)C(=O)/C(=C(\O)c3ccc4ccccc4c3)C2c2ccc(O)cc2)cc1. The molecule has 1 aliphatic heterocycles. The first-order valence-corrected chi connectivity index (χ1v) is 12.2. The highest BCUT2D eigenvalue weighted by Gasteiger charge is 2.46. The number of phenols is 1. The zero-order chi connectivity index (χ0) is 26.8. The van der Waals surface area contributed by atoms with Gasteiger partial charge >= 0.3 is 5.97 Å². The van der Waals surface area contributed by atoms with Crippen LogP contribution < -0.4 is 0 Å². The Labute approximate surface area is 219 Å². The second-order valence-electron chi connectivity index (χ2n) is 9.00. The Morgan fingerprint density at radius 1 is 0.868 bits per heavy atom. The molecule has 2 N–H and O–H groups in total. The molecule has 0 spiro atoms. The molecule has 0 bridgehead atoms. The number of hydrogen-bond donors (Lipinski definition) is 2. The molecule has 7 heteroatoms. The molecular weight excluding hydrogens is 482 g/mol. The summed E-state index contributed by atoms with van der Waals surface area (Å²) in [4.78, 5) is 40.0. The summed E-state index contributed by atoms with van der Waals surface area (Å²) in [6, 6.07) is 24.9. The summed E-state index contributed by atoms with van der Waals surface area (Å²) >= 11 is 0. The zero-order valence-electron chi connectivity index (χ0n) is 20.6. The largest absolute Gasteiger partial charge is 0.508 e. The molecule has 1 fully saturated rings. The molecule has 4 aromatic carbocycles. The van der Waals surface area contributed by atoms with Crippen LogP contribution in [-0.2, 0) is 20.9 Å². The number of hydrogen-bond acceptors (Lipinski definition) is 6. The summed E-state index contributed by atoms with van der Waals surface area (Å²) < 4.78 is 5.02. The number of esters is 1. The van der Waals surface area contributed by atoms with Crippen molar-refractivity contribution >= 4 is 34.2 Å². The Morgan fingerprint density at radius 2 is 1.53 bits per heavy atom. The summed E-state index contributed by atoms with van der Waals surface area (Å²) in [5.74, 6) is -2.22. The fourth-order valence-electron chi connectivity index (χ4n) is 4.70. The van der Waals surface area contributed by atoms with Crippen molar-refractivity contribution in [3.05, 3.63) is 119 Å². The minimum atomic E-state index is -0.883. The molecule has 1 heterocycles. The molecule has 1 saturated heterocycles. The minimum absolute atomic E-state index is 0.0286. The van der Waals surface area contributed by atoms with Gasteiger partial charge in [-0.1, -0.05) is 60.7 Å². The maximum atomic E-state index is 13.3. The first-order valence-electron chi connectivity index (χ1n) is 12.2. The molecule has 38 heavy (non-hydrogen) atoms. The Kier molecular flexibility index (Phi) is 6.66. The summed E-state index contributed by atoms with van der Waals surface area (Å²) in [5, 5.41) is 23.0. The normalized spacial score (nSPS) is 16.7. The zero-order valence-corrected chi connectivity index (χ0v) is 20.6. The van der Waals surface area contributed by atoms with Crippen LogP contribution in [-0.4, -0.2) is 39.4 Å². The molecule has 1 unspecified atom stereocenters. The predicted octanol–water partition coefficient (Wildman–Crippen LogP) is 5.34. The van der Waals surface area contributed by atoms with Gasteiger partial charge in [-0.15, -0.1) is 0 Å². The van der Waals surface area contributed by atoms with Gasteiger partial charge in [0.15, 0.2) is 0 Å². The van der Waals surface area contributed by atoms with E-state index in [1.165, 1.54) is 17.0 Å². The number of aliphatic hydroxyl groups excluding tert-OH is 1. The fraction of sp³-hybridized carbons (Fsp3) is 0.129. The van der Waals surface area contributed by atoms with E-state index in [1.807, 2.05) is 30.3 Å². The van der Waals surface area contributed by atoms with Crippen LogP contribution >= 0.6 is 0 Å². The van der Waals surface area contributed by atoms with Crippen molar-refractivity contribution < 1.29 is 29.3 Å². The van der Waals surface area contributed by atoms with Gasteiger partial charge in [0.05, 0.1) is 23.8 Å². The Bertz CT molecular complexity index is 1570. The molecule has 4 aromatic rings. The van der Waals surface area contributed by atoms with E-state index in [4.69, 9.17) is 4.74 Å². The Hall–Kier alpha value is -4.91. The number of rotatable bonds is 6. The lowest BCUT2D eigenvalue weighted by Crippen LogP contribution is -2.29. The van der Waals surface area contributed by atoms with Crippen LogP contribution in [0, 0.1) is 0 Å². The third-order valence-corrected chi connectivity index (χ3v) is 6.59. The highest BCUT2D eigenvalue weighted by Crippen LogP contribution is 2.41. The molecule has 1 aliphatic rings. The van der Waals surface area contributed by atoms with Crippen LogP contribution in [0.5, 0.6) is 5.75 Å². The number of ether oxygens (including phenoxy) is 1. The van der Waals surface area contributed by atoms with E-state index < -0.39 is 23.7 Å². The van der Waals surface area contributed by atoms with E-state index >= 15 is 0 Å². The molecule has 0 saturated carbocycles. The number of fused-ring (bicyclic) bond motifs is 1. The number of aromatic hydroxyl groups is 1. The second kappa shape index (κ2) is 10.2. The van der Waals surface area contributed by atoms with Gasteiger partial charge in [-0.05, 0) is 59.2 Å². The van der Waals surface area contributed by atoms with E-state index in [-0.39, 0.29) is 30.2 Å². The van der Waals surface area contributed by atoms with E-state index in [1.54, 1.807) is 55.5 Å². The number of benzene rings is 4. The number of Topliss-reactive ketones (excluding diaryl/α,β-unsaturated/α-hetero) is 1. The van der Waals surface area contributed by atoms with Crippen molar-refractivity contribution in [2.45, 2.75) is 19.5 Å². The van der Waals surface area contributed by atoms with Crippen LogP contribution in [0.25, 0.3) is 16.5 Å². The third-order valence-electron chi connectivity index (χ3n) is 6.59. The van der Waals surface area contributed by atoms with Gasteiger partial charge in [0.25, 0.3) is 11.7 Å². The number of carbonyl (C=O) groups is 3. The van der Waals surface area contributed by atoms with Gasteiger partial charge in [-0.2, -0.15) is 0 Å². The van der Waals surface area contributed by atoms with Crippen molar-refractivity contribution in [2.24, 2.45) is 0 Å². The lowest BCUT2D eigenvalue weighted by molar-refractivity contribution is -0.140. The standard InChI is InChI=1S/C31H25NO6/c1-2-38-31(37)22-9-7-19(8-10-22)18-32-27(21-13-15-25(33)16-14-21)26(29(35)30(32)36)28(34)24-12-11-20-5-3-4-6-23(20)17-24/h3-17,27,33-34H,2,18H2,1H3/b28-26-. The van der Waals surface area contributed by atoms with Crippen LogP contribution in [0.1, 0.15) is 40.0 Å². The second-order valence-corrected chi connectivity index (χ2v) is 9.00. The summed E-state index contributed by atoms with van der Waals surface area (Å²) in [7, 11) is 0. The van der Waals surface area contributed by atoms with Gasteiger partial charge in [0, 0.05) is 12.1 Å². The maximum Gasteiger partial charge on any atom is 0.338 e. The van der Waals surface area contributed by atoms with E-state index in [9.17, 15) is 24.6 Å². The van der Waals surface area contributed by atoms with Crippen LogP contribution in [0.4, 0.5) is 0 Å². The molecule has 1 amide bonds. The topological polar surface area (TPSA) is 104 Å². The lowest BCUT2D eigenvalue weighted by atomic mass is 9.94. The van der Waals surface area contributed by atoms with E-state index in [2.05, 4.69) is 0 Å². The number of amides is 1. The van der Waals surface area contributed by atoms with Crippen molar-refractivity contribution in [2.75, 3.05) is 6.61 Å². The monoisotopic (exact) mass is 507 g/mol. The van der Waals surface area contributed by atoms with Gasteiger partial charge in [-0.3, -0.25) is 9.59 Å². The quantitative estimate of drug-likeness (QED) is 0.158. The van der Waals surface area contributed by atoms with E-state index in [0.717, 1.165) is 10.8 Å². The lowest BCUT2D eigenvalue weighted by Gasteiger charge is -2.25. The average Bonchev–Trinajstić information content (AvgIpc) is 3.18. The third kappa shape index (κ3) is 4.62. The van der Waals surface area contributed by atoms with Gasteiger partial charge in [-0.25, -0.2) is 4.79 Å². The average molecular weight is 508 g/mol. The highest BCUT2D eigenvalue weighted by molar-refractivity contribution is 6.46. The molecule has 0 aliphatic carbocycles. The Balaban J connectivity index is 1.57. The van der Waals surface area contributed by atoms with Crippen molar-refractivity contribution in [1.82, 2.24) is 4.90 Å². The van der Waals surface area contributed by atoms with Gasteiger partial charge in [0.1, 0.15) is 11.5 Å². The Morgan fingerprint density at radius 3 is 2.21 bits per heavy atom. The summed E-state index contributed by atoms with van der Waals surface area (Å²) in [6.45, 7) is 2.05. The molecule has 5 rings (SSSR count). The predicted molar refractivity (Wildman–Crippen MR) is 142 cm³/mol. The molecule has 0 radical (unpaired) electrons. The van der Waals surface area contributed by atoms with Gasteiger partial charge in [0.2, 0.25) is 0 Å². The minimum Gasteiger partial charge on any atom is -0.508 e. The molecule has 1 atom stereocenters. The maximum absolute atomic E-state index is 13.3. The van der Waals surface area contributed by atoms with Crippen molar-refractivity contribution in [3.63, 3.8) is 0 Å². The number of phenolic OH excluding ortho intramolecular Hbond substituents is 1. The first kappa shape index (κ1) is 24.8. The van der Waals surface area contributed by atoms with Crippen LogP contribution in [0.15, 0.2) is 96.6 Å². The number of aliphatic hydroxyl groups is 1. The molecular formula is C31H25NO6. The fourth-order valence-corrected chi connectivity index (χ4v) is 4.70. The summed E-state index contributed by atoms with van der Waals surface area (Å²) in [6.07, 6.45) is 0.